The summed E-state index contributed by atoms with van der Waals surface area (Å²) in [5.41, 5.74) is 2.39. The molecule has 1 heterocycles. The second-order valence-corrected chi connectivity index (χ2v) is 3.93. The molecule has 2 rings (SSSR count). The van der Waals surface area contributed by atoms with Crippen molar-refractivity contribution in [1.82, 2.24) is 9.97 Å². The number of hydrogen-bond donors (Lipinski definition) is 0. The topological polar surface area (TPSA) is 25.8 Å². The average molecular weight is 239 g/mol. The van der Waals surface area contributed by atoms with Crippen molar-refractivity contribution in [3.05, 3.63) is 46.3 Å². The van der Waals surface area contributed by atoms with Gasteiger partial charge in [-0.2, -0.15) is 0 Å². The van der Waals surface area contributed by atoms with Gasteiger partial charge >= 0.3 is 0 Å². The Morgan fingerprint density at radius 1 is 1.13 bits per heavy atom. The summed E-state index contributed by atoms with van der Waals surface area (Å²) in [6.07, 6.45) is 3.37. The highest BCUT2D eigenvalue weighted by molar-refractivity contribution is 6.43. The molecular formula is C11H8Cl2N2. The summed E-state index contributed by atoms with van der Waals surface area (Å²) in [6.45, 7) is 1.88. The highest BCUT2D eigenvalue weighted by Gasteiger charge is 2.07. The average Bonchev–Trinajstić information content (AvgIpc) is 2.22. The number of nitrogens with zero attached hydrogens (tertiary/aromatic N) is 2. The van der Waals surface area contributed by atoms with Crippen molar-refractivity contribution in [2.45, 2.75) is 6.92 Å². The quantitative estimate of drug-likeness (QED) is 0.757. The monoisotopic (exact) mass is 238 g/mol. The fourth-order valence-corrected chi connectivity index (χ4v) is 1.69. The van der Waals surface area contributed by atoms with E-state index in [4.69, 9.17) is 23.2 Å². The molecule has 0 N–H and O–H groups in total. The van der Waals surface area contributed by atoms with Gasteiger partial charge in [-0.1, -0.05) is 35.3 Å². The van der Waals surface area contributed by atoms with Crippen LogP contribution in [0.15, 0.2) is 30.6 Å². The predicted octanol–water partition coefficient (Wildman–Crippen LogP) is 3.76. The molecule has 0 saturated heterocycles. The Morgan fingerprint density at radius 2 is 1.93 bits per heavy atom. The Hall–Kier alpha value is -1.12. The van der Waals surface area contributed by atoms with Crippen molar-refractivity contribution in [2.24, 2.45) is 0 Å². The highest BCUT2D eigenvalue weighted by Crippen LogP contribution is 2.31. The Balaban J connectivity index is 2.59. The molecule has 0 fully saturated rings. The first-order valence-electron chi connectivity index (χ1n) is 4.41. The molecule has 0 spiro atoms. The lowest BCUT2D eigenvalue weighted by Crippen LogP contribution is -1.89. The number of aryl methyl sites for hydroxylation is 1. The van der Waals surface area contributed by atoms with Crippen LogP contribution in [0, 0.1) is 6.92 Å². The Kier molecular flexibility index (Phi) is 2.89. The van der Waals surface area contributed by atoms with Crippen molar-refractivity contribution in [3.8, 4) is 11.3 Å². The van der Waals surface area contributed by atoms with E-state index in [1.807, 2.05) is 19.1 Å². The van der Waals surface area contributed by atoms with Gasteiger partial charge < -0.3 is 0 Å². The second kappa shape index (κ2) is 4.17. The molecule has 0 saturated carbocycles. The van der Waals surface area contributed by atoms with E-state index >= 15 is 0 Å². The molecule has 15 heavy (non-hydrogen) atoms. The molecule has 0 unspecified atom stereocenters. The minimum absolute atomic E-state index is 0.513. The maximum atomic E-state index is 6.08. The first kappa shape index (κ1) is 10.4. The molecule has 0 aliphatic heterocycles. The van der Waals surface area contributed by atoms with Gasteiger partial charge in [0.15, 0.2) is 0 Å². The molecule has 0 bridgehead atoms. The van der Waals surface area contributed by atoms with E-state index in [-0.39, 0.29) is 0 Å². The van der Waals surface area contributed by atoms with E-state index in [0.717, 1.165) is 17.0 Å². The number of hydrogen-bond acceptors (Lipinski definition) is 2. The van der Waals surface area contributed by atoms with Crippen molar-refractivity contribution in [3.63, 3.8) is 0 Å². The molecule has 1 aromatic heterocycles. The molecule has 0 amide bonds. The molecule has 0 atom stereocenters. The van der Waals surface area contributed by atoms with E-state index < -0.39 is 0 Å². The lowest BCUT2D eigenvalue weighted by Gasteiger charge is -2.04. The lowest BCUT2D eigenvalue weighted by molar-refractivity contribution is 1.12. The minimum Gasteiger partial charge on any atom is -0.261 e. The number of rotatable bonds is 1. The molecular weight excluding hydrogens is 231 g/mol. The van der Waals surface area contributed by atoms with Gasteiger partial charge in [-0.3, -0.25) is 4.98 Å². The van der Waals surface area contributed by atoms with Gasteiger partial charge in [-0.05, 0) is 13.0 Å². The molecule has 0 aliphatic carbocycles. The normalized spacial score (nSPS) is 10.3. The van der Waals surface area contributed by atoms with E-state index in [2.05, 4.69) is 9.97 Å². The molecule has 0 aliphatic rings. The van der Waals surface area contributed by atoms with Gasteiger partial charge in [0.1, 0.15) is 0 Å². The summed E-state index contributed by atoms with van der Waals surface area (Å²) >= 11 is 12.0. The molecule has 0 radical (unpaired) electrons. The second-order valence-electron chi connectivity index (χ2n) is 3.15. The van der Waals surface area contributed by atoms with Crippen LogP contribution in [0.1, 0.15) is 5.69 Å². The SMILES string of the molecule is Cc1cncc(-c2cccc(Cl)c2Cl)n1. The van der Waals surface area contributed by atoms with Crippen LogP contribution in [-0.4, -0.2) is 9.97 Å². The van der Waals surface area contributed by atoms with E-state index in [0.29, 0.717) is 10.0 Å². The zero-order chi connectivity index (χ0) is 10.8. The van der Waals surface area contributed by atoms with E-state index in [9.17, 15) is 0 Å². The van der Waals surface area contributed by atoms with Crippen LogP contribution in [0.3, 0.4) is 0 Å². The zero-order valence-corrected chi connectivity index (χ0v) is 9.55. The van der Waals surface area contributed by atoms with Crippen LogP contribution >= 0.6 is 23.2 Å². The lowest BCUT2D eigenvalue weighted by atomic mass is 10.1. The first-order chi connectivity index (χ1) is 7.18. The summed E-state index contributed by atoms with van der Waals surface area (Å²) in [5, 5.41) is 1.04. The summed E-state index contributed by atoms with van der Waals surface area (Å²) in [6, 6.07) is 5.46. The van der Waals surface area contributed by atoms with Crippen molar-refractivity contribution in [2.75, 3.05) is 0 Å². The third-order valence-electron chi connectivity index (χ3n) is 1.98. The van der Waals surface area contributed by atoms with E-state index in [1.54, 1.807) is 18.5 Å². The van der Waals surface area contributed by atoms with Crippen molar-refractivity contribution >= 4 is 23.2 Å². The van der Waals surface area contributed by atoms with Crippen LogP contribution in [0.5, 0.6) is 0 Å². The highest BCUT2D eigenvalue weighted by atomic mass is 35.5. The van der Waals surface area contributed by atoms with Crippen molar-refractivity contribution in [1.29, 1.82) is 0 Å². The number of benzene rings is 1. The van der Waals surface area contributed by atoms with Gasteiger partial charge in [0, 0.05) is 11.8 Å². The van der Waals surface area contributed by atoms with Crippen LogP contribution in [-0.2, 0) is 0 Å². The van der Waals surface area contributed by atoms with Crippen LogP contribution in [0.25, 0.3) is 11.3 Å². The maximum absolute atomic E-state index is 6.08. The van der Waals surface area contributed by atoms with Gasteiger partial charge in [0.25, 0.3) is 0 Å². The summed E-state index contributed by atoms with van der Waals surface area (Å²) < 4.78 is 0. The first-order valence-corrected chi connectivity index (χ1v) is 5.17. The molecule has 2 nitrogen and oxygen atoms in total. The Morgan fingerprint density at radius 3 is 2.67 bits per heavy atom. The van der Waals surface area contributed by atoms with Crippen LogP contribution < -0.4 is 0 Å². The predicted molar refractivity (Wildman–Crippen MR) is 62.2 cm³/mol. The minimum atomic E-state index is 0.513. The molecule has 76 valence electrons. The van der Waals surface area contributed by atoms with Crippen molar-refractivity contribution < 1.29 is 0 Å². The summed E-state index contributed by atoms with van der Waals surface area (Å²) in [5.74, 6) is 0. The van der Waals surface area contributed by atoms with E-state index in [1.165, 1.54) is 0 Å². The van der Waals surface area contributed by atoms with Gasteiger partial charge in [-0.25, -0.2) is 4.98 Å². The largest absolute Gasteiger partial charge is 0.261 e. The van der Waals surface area contributed by atoms with Gasteiger partial charge in [-0.15, -0.1) is 0 Å². The molecule has 4 heteroatoms. The smallest absolute Gasteiger partial charge is 0.0903 e. The summed E-state index contributed by atoms with van der Waals surface area (Å²) in [4.78, 5) is 8.41. The maximum Gasteiger partial charge on any atom is 0.0903 e. The molecule has 2 aromatic rings. The number of halogens is 2. The van der Waals surface area contributed by atoms with Gasteiger partial charge in [0.2, 0.25) is 0 Å². The third kappa shape index (κ3) is 2.11. The Bertz CT molecular complexity index is 498. The summed E-state index contributed by atoms with van der Waals surface area (Å²) in [7, 11) is 0. The zero-order valence-electron chi connectivity index (χ0n) is 8.04. The molecule has 1 aromatic carbocycles. The third-order valence-corrected chi connectivity index (χ3v) is 2.80. The van der Waals surface area contributed by atoms with Gasteiger partial charge in [0.05, 0.1) is 27.6 Å². The van der Waals surface area contributed by atoms with Crippen LogP contribution in [0.4, 0.5) is 0 Å². The number of aromatic nitrogens is 2. The Labute approximate surface area is 97.9 Å². The standard InChI is InChI=1S/C11H8Cl2N2/c1-7-5-14-6-10(15-7)8-3-2-4-9(12)11(8)13/h2-6H,1H3. The van der Waals surface area contributed by atoms with Crippen LogP contribution in [0.2, 0.25) is 10.0 Å². The fourth-order valence-electron chi connectivity index (χ4n) is 1.29. The fraction of sp³-hybridized carbons (Fsp3) is 0.0909.